The Morgan fingerprint density at radius 3 is 2.67 bits per heavy atom. The van der Waals surface area contributed by atoms with Crippen molar-refractivity contribution in [1.82, 2.24) is 14.4 Å². The summed E-state index contributed by atoms with van der Waals surface area (Å²) in [5, 5.41) is 4.83. The van der Waals surface area contributed by atoms with Crippen molar-refractivity contribution in [2.45, 2.75) is 25.3 Å². The molecule has 0 unspecified atom stereocenters. The van der Waals surface area contributed by atoms with Crippen molar-refractivity contribution in [3.05, 3.63) is 64.8 Å². The number of ether oxygens (including phenoxy) is 1. The number of hydrogen-bond donors (Lipinski definition) is 1. The summed E-state index contributed by atoms with van der Waals surface area (Å²) in [4.78, 5) is 13.0. The van der Waals surface area contributed by atoms with E-state index >= 15 is 4.39 Å². The zero-order chi connectivity index (χ0) is 20.7. The number of nitrogens with zero attached hydrogens (tertiary/aromatic N) is 2. The first-order valence-corrected chi connectivity index (χ1v) is 10.7. The van der Waals surface area contributed by atoms with E-state index < -0.39 is 0 Å². The summed E-state index contributed by atoms with van der Waals surface area (Å²) in [6, 6.07) is 13.0. The van der Waals surface area contributed by atoms with Gasteiger partial charge in [0.15, 0.2) is 11.5 Å². The zero-order valence-electron chi connectivity index (χ0n) is 17.2. The Bertz CT molecular complexity index is 1140. The van der Waals surface area contributed by atoms with Crippen LogP contribution in [0.3, 0.4) is 0 Å². The molecule has 2 saturated heterocycles. The molecule has 0 amide bonds. The second kappa shape index (κ2) is 7.52. The average molecular weight is 408 g/mol. The van der Waals surface area contributed by atoms with E-state index in [1.165, 1.54) is 10.6 Å². The molecule has 2 aliphatic heterocycles. The molecule has 6 heteroatoms. The molecular formula is C24H27FN3O2+. The lowest BCUT2D eigenvalue weighted by molar-refractivity contribution is 0.249. The molecule has 156 valence electrons. The van der Waals surface area contributed by atoms with Gasteiger partial charge in [-0.2, -0.15) is 0 Å². The third kappa shape index (κ3) is 3.02. The van der Waals surface area contributed by atoms with Gasteiger partial charge < -0.3 is 10.1 Å². The Morgan fingerprint density at radius 1 is 1.13 bits per heavy atom. The molecule has 0 aliphatic carbocycles. The highest BCUT2D eigenvalue weighted by molar-refractivity contribution is 5.83. The first-order valence-electron chi connectivity index (χ1n) is 10.7. The SMILES string of the molecule is COc1ccc2c(=O)n(-c3ccc([N+]4([C@@H]5CCNC5)CCCC4)c(F)c3)ccc2c1. The topological polar surface area (TPSA) is 43.3 Å². The average Bonchev–Trinajstić information content (AvgIpc) is 3.46. The third-order valence-corrected chi connectivity index (χ3v) is 6.90. The molecular weight excluding hydrogens is 381 g/mol. The number of halogens is 1. The van der Waals surface area contributed by atoms with Crippen LogP contribution in [-0.4, -0.2) is 43.9 Å². The van der Waals surface area contributed by atoms with E-state index in [0.717, 1.165) is 61.0 Å². The minimum absolute atomic E-state index is 0.160. The number of pyridine rings is 1. The van der Waals surface area contributed by atoms with Crippen LogP contribution < -0.4 is 20.1 Å². The molecule has 3 aromatic rings. The first kappa shape index (κ1) is 19.3. The highest BCUT2D eigenvalue weighted by Gasteiger charge is 2.44. The number of benzene rings is 2. The summed E-state index contributed by atoms with van der Waals surface area (Å²) in [7, 11) is 1.60. The van der Waals surface area contributed by atoms with Crippen LogP contribution >= 0.6 is 0 Å². The van der Waals surface area contributed by atoms with E-state index in [0.29, 0.717) is 22.9 Å². The van der Waals surface area contributed by atoms with Gasteiger partial charge >= 0.3 is 0 Å². The quantitative estimate of drug-likeness (QED) is 0.671. The van der Waals surface area contributed by atoms with Crippen molar-refractivity contribution >= 4 is 16.5 Å². The third-order valence-electron chi connectivity index (χ3n) is 6.90. The van der Waals surface area contributed by atoms with Crippen LogP contribution in [0.15, 0.2) is 53.5 Å². The molecule has 2 aliphatic rings. The zero-order valence-corrected chi connectivity index (χ0v) is 17.2. The van der Waals surface area contributed by atoms with Gasteiger partial charge in [0.25, 0.3) is 5.56 Å². The van der Waals surface area contributed by atoms with Crippen molar-refractivity contribution in [1.29, 1.82) is 0 Å². The molecule has 1 N–H and O–H groups in total. The number of methoxy groups -OCH3 is 1. The van der Waals surface area contributed by atoms with Gasteiger partial charge in [0.05, 0.1) is 25.9 Å². The van der Waals surface area contributed by atoms with Gasteiger partial charge in [-0.15, -0.1) is 0 Å². The fourth-order valence-corrected chi connectivity index (χ4v) is 5.33. The molecule has 2 fully saturated rings. The normalized spacial score (nSPS) is 20.7. The van der Waals surface area contributed by atoms with Gasteiger partial charge in [0.1, 0.15) is 11.8 Å². The number of aromatic nitrogens is 1. The number of likely N-dealkylation sites (tertiary alicyclic amines) is 1. The second-order valence-corrected chi connectivity index (χ2v) is 8.41. The van der Waals surface area contributed by atoms with Crippen LogP contribution in [0, 0.1) is 5.82 Å². The largest absolute Gasteiger partial charge is 0.497 e. The van der Waals surface area contributed by atoms with Crippen LogP contribution in [0.25, 0.3) is 16.5 Å². The summed E-state index contributed by atoms with van der Waals surface area (Å²) < 4.78 is 23.0. The lowest BCUT2D eigenvalue weighted by Gasteiger charge is -2.39. The lowest BCUT2D eigenvalue weighted by atomic mass is 10.1. The van der Waals surface area contributed by atoms with Crippen LogP contribution in [0.2, 0.25) is 0 Å². The number of hydrogen-bond acceptors (Lipinski definition) is 3. The maximum absolute atomic E-state index is 15.5. The summed E-state index contributed by atoms with van der Waals surface area (Å²) in [6.45, 7) is 3.91. The Morgan fingerprint density at radius 2 is 1.97 bits per heavy atom. The van der Waals surface area contributed by atoms with Crippen LogP contribution in [0.5, 0.6) is 5.75 Å². The molecule has 5 nitrogen and oxygen atoms in total. The van der Waals surface area contributed by atoms with E-state index in [1.54, 1.807) is 25.4 Å². The van der Waals surface area contributed by atoms with Gasteiger partial charge in [-0.05, 0) is 35.7 Å². The van der Waals surface area contributed by atoms with Gasteiger partial charge in [-0.1, -0.05) is 0 Å². The van der Waals surface area contributed by atoms with E-state index in [9.17, 15) is 4.79 Å². The summed E-state index contributed by atoms with van der Waals surface area (Å²) in [6.07, 6.45) is 5.05. The number of fused-ring (bicyclic) bond motifs is 1. The smallest absolute Gasteiger partial charge is 0.262 e. The Labute approximate surface area is 175 Å². The fourth-order valence-electron chi connectivity index (χ4n) is 5.33. The summed E-state index contributed by atoms with van der Waals surface area (Å²) in [5.41, 5.74) is 1.16. The van der Waals surface area contributed by atoms with E-state index in [2.05, 4.69) is 5.32 Å². The van der Waals surface area contributed by atoms with Gasteiger partial charge in [-0.25, -0.2) is 4.39 Å². The standard InChI is InChI=1S/C24H27FN3O2/c1-30-20-5-6-21-17(14-20)9-11-27(24(21)29)18-4-7-23(22(25)15-18)28(12-2-3-13-28)19-8-10-26-16-19/h4-7,9,11,14-15,19,26H,2-3,8,10,12-13,16H2,1H3/q+1/t19-/m1/s1. The van der Waals surface area contributed by atoms with Crippen molar-refractivity contribution in [2.24, 2.45) is 0 Å². The highest BCUT2D eigenvalue weighted by Crippen LogP contribution is 2.37. The van der Waals surface area contributed by atoms with E-state index in [1.807, 2.05) is 24.3 Å². The predicted molar refractivity (Wildman–Crippen MR) is 118 cm³/mol. The van der Waals surface area contributed by atoms with Crippen LogP contribution in [-0.2, 0) is 0 Å². The van der Waals surface area contributed by atoms with Crippen LogP contribution in [0.4, 0.5) is 10.1 Å². The minimum Gasteiger partial charge on any atom is -0.497 e. The second-order valence-electron chi connectivity index (χ2n) is 8.41. The van der Waals surface area contributed by atoms with Gasteiger partial charge in [-0.3, -0.25) is 13.8 Å². The molecule has 3 heterocycles. The molecule has 30 heavy (non-hydrogen) atoms. The number of quaternary nitrogens is 1. The Hall–Kier alpha value is -2.70. The number of nitrogens with one attached hydrogen (secondary N) is 1. The van der Waals surface area contributed by atoms with E-state index in [-0.39, 0.29) is 11.4 Å². The molecule has 5 rings (SSSR count). The predicted octanol–water partition coefficient (Wildman–Crippen LogP) is 3.60. The Kier molecular flexibility index (Phi) is 4.83. The molecule has 0 saturated carbocycles. The van der Waals surface area contributed by atoms with Crippen molar-refractivity contribution in [3.8, 4) is 11.4 Å². The summed E-state index contributed by atoms with van der Waals surface area (Å²) >= 11 is 0. The molecule has 0 bridgehead atoms. The molecule has 2 aromatic carbocycles. The minimum atomic E-state index is -0.219. The van der Waals surface area contributed by atoms with Crippen molar-refractivity contribution < 1.29 is 9.13 Å². The van der Waals surface area contributed by atoms with Gasteiger partial charge in [0, 0.05) is 56.1 Å². The van der Waals surface area contributed by atoms with Gasteiger partial charge in [0.2, 0.25) is 0 Å². The molecule has 0 spiro atoms. The monoisotopic (exact) mass is 408 g/mol. The first-order chi connectivity index (χ1) is 14.6. The molecule has 1 aromatic heterocycles. The fraction of sp³-hybridized carbons (Fsp3) is 0.375. The van der Waals surface area contributed by atoms with Crippen molar-refractivity contribution in [3.63, 3.8) is 0 Å². The maximum atomic E-state index is 15.5. The number of rotatable bonds is 4. The lowest BCUT2D eigenvalue weighted by Crippen LogP contribution is -2.56. The molecule has 0 radical (unpaired) electrons. The molecule has 1 atom stereocenters. The van der Waals surface area contributed by atoms with Crippen LogP contribution in [0.1, 0.15) is 19.3 Å². The van der Waals surface area contributed by atoms with E-state index in [4.69, 9.17) is 4.74 Å². The Balaban J connectivity index is 1.56. The maximum Gasteiger partial charge on any atom is 0.262 e. The summed E-state index contributed by atoms with van der Waals surface area (Å²) in [5.74, 6) is 0.485. The van der Waals surface area contributed by atoms with Crippen molar-refractivity contribution in [2.75, 3.05) is 33.3 Å². The highest BCUT2D eigenvalue weighted by atomic mass is 19.1.